The number of ether oxygens (including phenoxy) is 1. The van der Waals surface area contributed by atoms with Crippen molar-refractivity contribution >= 4 is 26.5 Å². The molecular formula is C29H54O5SSi2. The van der Waals surface area contributed by atoms with E-state index in [1.165, 1.54) is 0 Å². The molecule has 1 fully saturated rings. The molecule has 1 saturated heterocycles. The highest BCUT2D eigenvalue weighted by Crippen LogP contribution is 2.42. The third-order valence-corrected chi connectivity index (χ3v) is 20.1. The fourth-order valence-corrected chi connectivity index (χ4v) is 8.67. The molecule has 0 aliphatic carbocycles. The first-order valence-electron chi connectivity index (χ1n) is 14.0. The van der Waals surface area contributed by atoms with Crippen LogP contribution < -0.4 is 0 Å². The van der Waals surface area contributed by atoms with Crippen LogP contribution in [0.25, 0.3) is 0 Å². The van der Waals surface area contributed by atoms with Crippen molar-refractivity contribution in [2.75, 3.05) is 12.4 Å². The molecule has 2 rings (SSSR count). The molecule has 1 aromatic rings. The zero-order valence-corrected chi connectivity index (χ0v) is 28.4. The van der Waals surface area contributed by atoms with E-state index in [0.29, 0.717) is 11.5 Å². The summed E-state index contributed by atoms with van der Waals surface area (Å²) in [5, 5.41) is 0.207. The van der Waals surface area contributed by atoms with E-state index in [9.17, 15) is 8.42 Å². The van der Waals surface area contributed by atoms with Crippen molar-refractivity contribution in [3.05, 3.63) is 30.3 Å². The summed E-state index contributed by atoms with van der Waals surface area (Å²) in [5.41, 5.74) is 0. The zero-order valence-electron chi connectivity index (χ0n) is 25.6. The Balaban J connectivity index is 2.25. The second-order valence-electron chi connectivity index (χ2n) is 14.0. The molecule has 0 aromatic heterocycles. The summed E-state index contributed by atoms with van der Waals surface area (Å²) in [7, 11) is -7.38. The van der Waals surface area contributed by atoms with E-state index in [-0.39, 0.29) is 46.0 Å². The normalized spacial score (nSPS) is 24.9. The number of hydrogen-bond donors (Lipinski definition) is 0. The van der Waals surface area contributed by atoms with Crippen LogP contribution in [0.5, 0.6) is 0 Å². The van der Waals surface area contributed by atoms with Crippen LogP contribution >= 0.6 is 0 Å². The molecule has 0 radical (unpaired) electrons. The van der Waals surface area contributed by atoms with Crippen molar-refractivity contribution in [3.8, 4) is 0 Å². The van der Waals surface area contributed by atoms with Crippen LogP contribution in [0.1, 0.15) is 68.2 Å². The first-order valence-corrected chi connectivity index (χ1v) is 21.4. The number of hydrogen-bond acceptors (Lipinski definition) is 5. The van der Waals surface area contributed by atoms with E-state index < -0.39 is 26.5 Å². The number of rotatable bonds is 11. The van der Waals surface area contributed by atoms with Crippen LogP contribution in [0.4, 0.5) is 0 Å². The minimum atomic E-state index is -3.39. The summed E-state index contributed by atoms with van der Waals surface area (Å²) in [5.74, 6) is 0.179. The first-order chi connectivity index (χ1) is 16.7. The van der Waals surface area contributed by atoms with Crippen LogP contribution in [0, 0.1) is 11.8 Å². The maximum Gasteiger partial charge on any atom is 0.192 e. The van der Waals surface area contributed by atoms with E-state index in [0.717, 1.165) is 12.8 Å². The second kappa shape index (κ2) is 11.9. The van der Waals surface area contributed by atoms with Gasteiger partial charge in [0.1, 0.15) is 0 Å². The fourth-order valence-electron chi connectivity index (χ4n) is 4.49. The van der Waals surface area contributed by atoms with Crippen molar-refractivity contribution in [1.82, 2.24) is 0 Å². The predicted octanol–water partition coefficient (Wildman–Crippen LogP) is 7.69. The summed E-state index contributed by atoms with van der Waals surface area (Å²) >= 11 is 0. The SMILES string of the molecule is CC[C@@H]1O[C@H](C[C@@H](CO[Si](C)(C)C(C)(C)C)O[Si](C)(C)C(C)(C)C)[C@H](C)[C@H]1CS(=O)(=O)c1ccccc1. The Morgan fingerprint density at radius 2 is 1.46 bits per heavy atom. The van der Waals surface area contributed by atoms with E-state index in [4.69, 9.17) is 13.6 Å². The summed E-state index contributed by atoms with van der Waals surface area (Å²) in [6.07, 6.45) is 1.31. The molecule has 1 heterocycles. The third-order valence-electron chi connectivity index (χ3n) is 9.20. The minimum absolute atomic E-state index is 0.0463. The summed E-state index contributed by atoms with van der Waals surface area (Å²) in [6, 6.07) is 8.80. The van der Waals surface area contributed by atoms with Gasteiger partial charge in [-0.05, 0) is 60.7 Å². The molecule has 0 saturated carbocycles. The van der Waals surface area contributed by atoms with Gasteiger partial charge in [0, 0.05) is 12.3 Å². The Bertz CT molecular complexity index is 964. The van der Waals surface area contributed by atoms with Gasteiger partial charge >= 0.3 is 0 Å². The van der Waals surface area contributed by atoms with Crippen LogP contribution in [-0.2, 0) is 23.4 Å². The van der Waals surface area contributed by atoms with Gasteiger partial charge in [0.2, 0.25) is 0 Å². The lowest BCUT2D eigenvalue weighted by Gasteiger charge is -2.42. The Kier molecular flexibility index (Phi) is 10.5. The molecule has 8 heteroatoms. The average molecular weight is 571 g/mol. The van der Waals surface area contributed by atoms with Crippen LogP contribution in [0.3, 0.4) is 0 Å². The predicted molar refractivity (Wildman–Crippen MR) is 160 cm³/mol. The Morgan fingerprint density at radius 3 is 1.95 bits per heavy atom. The van der Waals surface area contributed by atoms with Crippen molar-refractivity contribution in [2.24, 2.45) is 11.8 Å². The molecule has 5 nitrogen and oxygen atoms in total. The lowest BCUT2D eigenvalue weighted by Crippen LogP contribution is -2.48. The molecule has 214 valence electrons. The lowest BCUT2D eigenvalue weighted by molar-refractivity contribution is -0.00836. The number of benzene rings is 1. The van der Waals surface area contributed by atoms with E-state index >= 15 is 0 Å². The zero-order chi connectivity index (χ0) is 28.4. The van der Waals surface area contributed by atoms with Crippen molar-refractivity contribution in [1.29, 1.82) is 0 Å². The van der Waals surface area contributed by atoms with Gasteiger partial charge in [0.15, 0.2) is 26.5 Å². The topological polar surface area (TPSA) is 61.8 Å². The Labute approximate surface area is 230 Å². The average Bonchev–Trinajstić information content (AvgIpc) is 3.05. The van der Waals surface area contributed by atoms with Crippen molar-refractivity contribution in [2.45, 2.75) is 128 Å². The first kappa shape index (κ1) is 32.7. The highest BCUT2D eigenvalue weighted by molar-refractivity contribution is 7.91. The highest BCUT2D eigenvalue weighted by Gasteiger charge is 2.46. The van der Waals surface area contributed by atoms with Gasteiger partial charge in [-0.1, -0.05) is 73.6 Å². The van der Waals surface area contributed by atoms with E-state index in [1.807, 2.05) is 6.07 Å². The van der Waals surface area contributed by atoms with Gasteiger partial charge in [-0.3, -0.25) is 0 Å². The Hall–Kier alpha value is -0.516. The molecule has 0 bridgehead atoms. The summed E-state index contributed by atoms with van der Waals surface area (Å²) in [6.45, 7) is 27.5. The molecule has 0 unspecified atom stereocenters. The van der Waals surface area contributed by atoms with Gasteiger partial charge in [-0.15, -0.1) is 0 Å². The summed E-state index contributed by atoms with van der Waals surface area (Å²) in [4.78, 5) is 0.391. The van der Waals surface area contributed by atoms with Crippen LogP contribution in [0.15, 0.2) is 35.2 Å². The maximum absolute atomic E-state index is 13.2. The van der Waals surface area contributed by atoms with Crippen LogP contribution in [-0.4, -0.2) is 55.7 Å². The molecule has 1 aliphatic rings. The van der Waals surface area contributed by atoms with Crippen molar-refractivity contribution in [3.63, 3.8) is 0 Å². The van der Waals surface area contributed by atoms with Gasteiger partial charge in [0.05, 0.1) is 35.6 Å². The molecule has 37 heavy (non-hydrogen) atoms. The van der Waals surface area contributed by atoms with Gasteiger partial charge in [0.25, 0.3) is 0 Å². The van der Waals surface area contributed by atoms with Crippen LogP contribution in [0.2, 0.25) is 36.3 Å². The molecule has 5 atom stereocenters. The Morgan fingerprint density at radius 1 is 0.919 bits per heavy atom. The molecule has 0 N–H and O–H groups in total. The van der Waals surface area contributed by atoms with E-state index in [1.54, 1.807) is 24.3 Å². The molecule has 0 amide bonds. The van der Waals surface area contributed by atoms with Gasteiger partial charge in [-0.2, -0.15) is 0 Å². The van der Waals surface area contributed by atoms with Gasteiger partial charge in [-0.25, -0.2) is 8.42 Å². The fraction of sp³-hybridized carbons (Fsp3) is 0.793. The van der Waals surface area contributed by atoms with Crippen molar-refractivity contribution < 1.29 is 22.0 Å². The van der Waals surface area contributed by atoms with Gasteiger partial charge < -0.3 is 13.6 Å². The third kappa shape index (κ3) is 8.24. The smallest absolute Gasteiger partial charge is 0.192 e. The number of sulfone groups is 1. The highest BCUT2D eigenvalue weighted by atomic mass is 32.2. The summed E-state index contributed by atoms with van der Waals surface area (Å²) < 4.78 is 46.6. The maximum atomic E-state index is 13.2. The monoisotopic (exact) mass is 570 g/mol. The quantitative estimate of drug-likeness (QED) is 0.255. The van der Waals surface area contributed by atoms with E-state index in [2.05, 4.69) is 81.6 Å². The molecule has 0 spiro atoms. The second-order valence-corrected chi connectivity index (χ2v) is 25.6. The molecule has 1 aromatic carbocycles. The molecule has 1 aliphatic heterocycles. The molecular weight excluding hydrogens is 517 g/mol. The largest absolute Gasteiger partial charge is 0.414 e. The standard InChI is InChI=1S/C29H54O5SSi2/c1-13-26-25(21-35(30,31)24-17-15-14-16-18-24)22(2)27(33-26)19-23(34-37(11,12)29(6,7)8)20-32-36(9,10)28(3,4)5/h14-18,22-23,25-27H,13,19-21H2,1-12H3/t22-,23+,25-,26+,27-/m1/s1. The lowest BCUT2D eigenvalue weighted by atomic mass is 9.87. The minimum Gasteiger partial charge on any atom is -0.414 e.